The number of hydrogen-bond donors (Lipinski definition) is 1. The second-order valence-corrected chi connectivity index (χ2v) is 5.79. The van der Waals surface area contributed by atoms with Crippen molar-refractivity contribution in [2.45, 2.75) is 11.4 Å². The minimum absolute atomic E-state index is 0.279. The zero-order valence-corrected chi connectivity index (χ0v) is 11.8. The summed E-state index contributed by atoms with van der Waals surface area (Å²) in [6, 6.07) is 9.65. The van der Waals surface area contributed by atoms with E-state index in [0.29, 0.717) is 11.3 Å². The van der Waals surface area contributed by atoms with Crippen LogP contribution in [0.25, 0.3) is 0 Å². The van der Waals surface area contributed by atoms with Gasteiger partial charge in [0, 0.05) is 16.9 Å². The number of nitrogens with zero attached hydrogens (tertiary/aromatic N) is 1. The van der Waals surface area contributed by atoms with Crippen LogP contribution >= 0.6 is 11.8 Å². The molecule has 0 saturated carbocycles. The van der Waals surface area contributed by atoms with Crippen molar-refractivity contribution in [2.75, 3.05) is 5.75 Å². The number of carbonyl (C=O) groups excluding carboxylic acids is 1. The lowest BCUT2D eigenvalue weighted by Crippen LogP contribution is -2.42. The molecule has 0 aliphatic carbocycles. The van der Waals surface area contributed by atoms with Crippen molar-refractivity contribution in [3.8, 4) is 0 Å². The van der Waals surface area contributed by atoms with Crippen LogP contribution in [0.15, 0.2) is 53.3 Å². The lowest BCUT2D eigenvalue weighted by Gasteiger charge is -2.26. The number of carbonyl (C=O) groups is 2. The number of aliphatic carboxylic acids is 1. The quantitative estimate of drug-likeness (QED) is 0.943. The molecular formula is C15H13NO4S. The van der Waals surface area contributed by atoms with Gasteiger partial charge in [0.05, 0.1) is 12.5 Å². The number of benzene rings is 1. The summed E-state index contributed by atoms with van der Waals surface area (Å²) in [4.78, 5) is 25.5. The van der Waals surface area contributed by atoms with Gasteiger partial charge in [-0.3, -0.25) is 4.79 Å². The van der Waals surface area contributed by atoms with Crippen LogP contribution in [0.1, 0.15) is 21.3 Å². The van der Waals surface area contributed by atoms with E-state index in [4.69, 9.17) is 4.42 Å². The summed E-state index contributed by atoms with van der Waals surface area (Å²) in [5.74, 6) is -0.902. The fourth-order valence-electron chi connectivity index (χ4n) is 2.35. The molecule has 6 heteroatoms. The predicted octanol–water partition coefficient (Wildman–Crippen LogP) is 2.62. The van der Waals surface area contributed by atoms with E-state index in [2.05, 4.69) is 0 Å². The Labute approximate surface area is 125 Å². The highest BCUT2D eigenvalue weighted by Crippen LogP contribution is 2.42. The first-order valence-electron chi connectivity index (χ1n) is 6.42. The molecule has 1 aliphatic rings. The van der Waals surface area contributed by atoms with E-state index in [1.54, 1.807) is 36.6 Å². The molecular weight excluding hydrogens is 290 g/mol. The van der Waals surface area contributed by atoms with Gasteiger partial charge in [0.2, 0.25) is 0 Å². The number of amides is 1. The molecule has 1 saturated heterocycles. The number of hydrogen-bond acceptors (Lipinski definition) is 4. The fourth-order valence-corrected chi connectivity index (χ4v) is 3.74. The average Bonchev–Trinajstić information content (AvgIpc) is 3.16. The van der Waals surface area contributed by atoms with E-state index in [1.807, 2.05) is 6.07 Å². The zero-order valence-electron chi connectivity index (χ0n) is 11.0. The van der Waals surface area contributed by atoms with Crippen LogP contribution in [-0.4, -0.2) is 33.7 Å². The third kappa shape index (κ3) is 2.54. The molecule has 1 aromatic carbocycles. The van der Waals surface area contributed by atoms with E-state index >= 15 is 0 Å². The van der Waals surface area contributed by atoms with Gasteiger partial charge in [-0.05, 0) is 18.2 Å². The zero-order chi connectivity index (χ0) is 14.8. The number of carboxylic acid groups (broad SMARTS) is 1. The highest BCUT2D eigenvalue weighted by molar-refractivity contribution is 7.99. The van der Waals surface area contributed by atoms with E-state index < -0.39 is 12.0 Å². The third-order valence-corrected chi connectivity index (χ3v) is 4.69. The molecule has 0 radical (unpaired) electrons. The molecule has 3 rings (SSSR count). The van der Waals surface area contributed by atoms with Gasteiger partial charge >= 0.3 is 5.97 Å². The van der Waals surface area contributed by atoms with Gasteiger partial charge in [0.15, 0.2) is 0 Å². The smallest absolute Gasteiger partial charge is 0.327 e. The first-order valence-corrected chi connectivity index (χ1v) is 7.47. The monoisotopic (exact) mass is 303 g/mol. The van der Waals surface area contributed by atoms with Crippen LogP contribution < -0.4 is 0 Å². The number of carboxylic acids is 1. The lowest BCUT2D eigenvalue weighted by molar-refractivity contribution is -0.141. The second-order valence-electron chi connectivity index (χ2n) is 4.67. The van der Waals surface area contributed by atoms with E-state index in [1.165, 1.54) is 22.9 Å². The summed E-state index contributed by atoms with van der Waals surface area (Å²) in [7, 11) is 0. The summed E-state index contributed by atoms with van der Waals surface area (Å²) in [6.07, 6.45) is 3.07. The molecule has 2 aromatic rings. The maximum Gasteiger partial charge on any atom is 0.327 e. The van der Waals surface area contributed by atoms with E-state index in [-0.39, 0.29) is 11.3 Å². The van der Waals surface area contributed by atoms with Crippen molar-refractivity contribution >= 4 is 23.6 Å². The van der Waals surface area contributed by atoms with Crippen LogP contribution in [0.5, 0.6) is 0 Å². The molecule has 0 bridgehead atoms. The molecule has 2 unspecified atom stereocenters. The molecule has 21 heavy (non-hydrogen) atoms. The number of rotatable bonds is 3. The Morgan fingerprint density at radius 2 is 2.00 bits per heavy atom. The van der Waals surface area contributed by atoms with Gasteiger partial charge in [0.1, 0.15) is 11.4 Å². The normalized spacial score (nSPS) is 21.4. The van der Waals surface area contributed by atoms with Crippen molar-refractivity contribution in [2.24, 2.45) is 0 Å². The fraction of sp³-hybridized carbons (Fsp3) is 0.200. The first kappa shape index (κ1) is 13.8. The highest BCUT2D eigenvalue weighted by Gasteiger charge is 2.42. The second kappa shape index (κ2) is 5.65. The Morgan fingerprint density at radius 1 is 1.24 bits per heavy atom. The average molecular weight is 303 g/mol. The molecule has 5 nitrogen and oxygen atoms in total. The predicted molar refractivity (Wildman–Crippen MR) is 77.9 cm³/mol. The molecule has 108 valence electrons. The standard InChI is InChI=1S/C15H13NO4S/c17-13(10-4-2-1-3-5-10)16-12(15(18)19)9-21-14(16)11-6-7-20-8-11/h1-8,12,14H,9H2,(H,18,19). The van der Waals surface area contributed by atoms with E-state index in [0.717, 1.165) is 5.56 Å². The van der Waals surface area contributed by atoms with Gasteiger partial charge in [-0.1, -0.05) is 18.2 Å². The van der Waals surface area contributed by atoms with Crippen molar-refractivity contribution < 1.29 is 19.1 Å². The van der Waals surface area contributed by atoms with Crippen LogP contribution in [0.4, 0.5) is 0 Å². The summed E-state index contributed by atoms with van der Waals surface area (Å²) < 4.78 is 5.06. The molecule has 2 atom stereocenters. The topological polar surface area (TPSA) is 70.8 Å². The van der Waals surface area contributed by atoms with Crippen LogP contribution in [-0.2, 0) is 4.79 Å². The summed E-state index contributed by atoms with van der Waals surface area (Å²) in [6.45, 7) is 0. The lowest BCUT2D eigenvalue weighted by atomic mass is 10.1. The molecule has 0 spiro atoms. The van der Waals surface area contributed by atoms with Crippen molar-refractivity contribution in [3.05, 3.63) is 60.1 Å². The van der Waals surface area contributed by atoms with Crippen molar-refractivity contribution in [1.82, 2.24) is 4.90 Å². The van der Waals surface area contributed by atoms with Crippen LogP contribution in [0.3, 0.4) is 0 Å². The minimum Gasteiger partial charge on any atom is -0.480 e. The maximum absolute atomic E-state index is 12.7. The SMILES string of the molecule is O=C(O)C1CSC(c2ccoc2)N1C(=O)c1ccccc1. The Bertz CT molecular complexity index is 641. The Balaban J connectivity index is 1.96. The third-order valence-electron chi connectivity index (χ3n) is 3.37. The highest BCUT2D eigenvalue weighted by atomic mass is 32.2. The van der Waals surface area contributed by atoms with Crippen LogP contribution in [0.2, 0.25) is 0 Å². The Morgan fingerprint density at radius 3 is 2.62 bits per heavy atom. The Kier molecular flexibility index (Phi) is 3.70. The van der Waals surface area contributed by atoms with Gasteiger partial charge in [0.25, 0.3) is 5.91 Å². The van der Waals surface area contributed by atoms with Crippen molar-refractivity contribution in [1.29, 1.82) is 0 Å². The summed E-state index contributed by atoms with van der Waals surface area (Å²) in [5.41, 5.74) is 1.28. The van der Waals surface area contributed by atoms with Gasteiger partial charge in [-0.2, -0.15) is 0 Å². The molecule has 1 N–H and O–H groups in total. The van der Waals surface area contributed by atoms with Gasteiger partial charge in [-0.25, -0.2) is 4.79 Å². The van der Waals surface area contributed by atoms with Gasteiger partial charge in [-0.15, -0.1) is 11.8 Å². The van der Waals surface area contributed by atoms with E-state index in [9.17, 15) is 14.7 Å². The maximum atomic E-state index is 12.7. The van der Waals surface area contributed by atoms with Crippen molar-refractivity contribution in [3.63, 3.8) is 0 Å². The minimum atomic E-state index is -0.988. The molecule has 2 heterocycles. The molecule has 1 amide bonds. The molecule has 1 aliphatic heterocycles. The molecule has 1 aromatic heterocycles. The summed E-state index contributed by atoms with van der Waals surface area (Å²) in [5, 5.41) is 9.03. The Hall–Kier alpha value is -2.21. The molecule has 1 fully saturated rings. The summed E-state index contributed by atoms with van der Waals surface area (Å²) >= 11 is 1.43. The van der Waals surface area contributed by atoms with Gasteiger partial charge < -0.3 is 14.4 Å². The first-order chi connectivity index (χ1) is 10.2. The number of furan rings is 1. The van der Waals surface area contributed by atoms with Crippen LogP contribution in [0, 0.1) is 0 Å². The number of thioether (sulfide) groups is 1. The largest absolute Gasteiger partial charge is 0.480 e.